The van der Waals surface area contributed by atoms with Crippen LogP contribution in [0.2, 0.25) is 49.4 Å². The summed E-state index contributed by atoms with van der Waals surface area (Å²) in [6.45, 7) is 33.2. The average molecular weight is 1100 g/mol. The van der Waals surface area contributed by atoms with E-state index in [1.807, 2.05) is 48.5 Å². The number of nitrogens with two attached hydrogens (primary N) is 5. The molecule has 0 radical (unpaired) electrons. The highest BCUT2D eigenvalue weighted by Crippen LogP contribution is 2.21. The summed E-state index contributed by atoms with van der Waals surface area (Å²) in [4.78, 5) is 10.5. The van der Waals surface area contributed by atoms with Gasteiger partial charge in [-0.15, -0.1) is 0 Å². The molecule has 70 heavy (non-hydrogen) atoms. The van der Waals surface area contributed by atoms with Gasteiger partial charge >= 0.3 is 49.3 Å². The number of amides is 2. The van der Waals surface area contributed by atoms with Crippen molar-refractivity contribution in [3.63, 3.8) is 0 Å². The van der Waals surface area contributed by atoms with Gasteiger partial charge in [-0.05, 0) is 170 Å². The van der Waals surface area contributed by atoms with Crippen molar-refractivity contribution in [2.75, 3.05) is 127 Å². The van der Waals surface area contributed by atoms with Crippen LogP contribution < -0.4 is 39.3 Å². The lowest BCUT2D eigenvalue weighted by Gasteiger charge is -2.28. The molecule has 0 bridgehead atoms. The fraction of sp³-hybridized carbons (Fsp3) is 0.978. The minimum absolute atomic E-state index is 0.511. The van der Waals surface area contributed by atoms with E-state index >= 15 is 0 Å². The zero-order chi connectivity index (χ0) is 54.5. The summed E-state index contributed by atoms with van der Waals surface area (Å²) in [7, 11) is -3.84. The van der Waals surface area contributed by atoms with Crippen LogP contribution in [-0.4, -0.2) is 176 Å². The summed E-state index contributed by atoms with van der Waals surface area (Å²) in [5, 5.41) is 5.93. The van der Waals surface area contributed by atoms with Crippen molar-refractivity contribution >= 4 is 49.3 Å². The summed E-state index contributed by atoms with van der Waals surface area (Å²) >= 11 is 0. The number of primary amides is 1. The van der Waals surface area contributed by atoms with Gasteiger partial charge in [0.25, 0.3) is 0 Å². The van der Waals surface area contributed by atoms with E-state index in [1.165, 1.54) is 12.8 Å². The van der Waals surface area contributed by atoms with Crippen LogP contribution in [-0.2, 0) is 53.1 Å². The van der Waals surface area contributed by atoms with E-state index in [9.17, 15) is 4.79 Å². The summed E-state index contributed by atoms with van der Waals surface area (Å²) in [5.74, 6) is 0. The van der Waals surface area contributed by atoms with Gasteiger partial charge in [0.15, 0.2) is 0 Å². The molecule has 1 unspecified atom stereocenters. The number of nitrogens with one attached hydrogen (secondary N) is 2. The maximum Gasteiger partial charge on any atom is 0.500 e. The Morgan fingerprint density at radius 1 is 0.429 bits per heavy atom. The molecule has 0 aromatic carbocycles. The molecule has 0 aromatic heterocycles. The number of carbonyl (C=O) groups is 1. The molecule has 0 aliphatic carbocycles. The van der Waals surface area contributed by atoms with Crippen LogP contribution >= 0.6 is 0 Å². The highest BCUT2D eigenvalue weighted by molar-refractivity contribution is 6.67. The van der Waals surface area contributed by atoms with Crippen molar-refractivity contribution in [1.29, 1.82) is 0 Å². The van der Waals surface area contributed by atoms with Crippen LogP contribution in [0.4, 0.5) is 4.79 Å². The van der Waals surface area contributed by atoms with Crippen molar-refractivity contribution in [3.8, 4) is 0 Å². The molecule has 428 valence electrons. The molecule has 0 aliphatic rings. The first-order valence-electron chi connectivity index (χ1n) is 26.3. The molecule has 1 atom stereocenters. The molecule has 0 aliphatic heterocycles. The highest BCUT2D eigenvalue weighted by Gasteiger charge is 2.40. The van der Waals surface area contributed by atoms with Crippen LogP contribution in [0.5, 0.6) is 0 Å². The normalized spacial score (nSPS) is 12.6. The standard InChI is InChI=1S/C10H24N2O4Si.C10H25NO3Si.C9H23NO2Si.C8H22N2O2Si.C8H21NO2Si/c1-4-14-17(15-5-2,16-6-3)9-7-8-12-10(11)13;1-5-6-8-11-9-7-10-15(12-2,13-3)14-4;1-4-11-13(6-3,12-5-2)9-7-8-10;1-11-13(2,8-4-6-10)12-7-3-5-9;1-4-10-12(3,11-5-2)8-6-7-9/h4-9H2,1-3H3,(H3,11,12,13);11H,5-10H2,1-4H3;4-10H2,1-3H3;3-10H2,1-2H3;4-9H2,1-3H3. The van der Waals surface area contributed by atoms with Crippen LogP contribution in [0.1, 0.15) is 114 Å². The van der Waals surface area contributed by atoms with Crippen LogP contribution in [0.25, 0.3) is 0 Å². The molecule has 0 heterocycles. The molecule has 0 saturated carbocycles. The van der Waals surface area contributed by atoms with Gasteiger partial charge in [0.2, 0.25) is 0 Å². The lowest BCUT2D eigenvalue weighted by Crippen LogP contribution is -2.46. The van der Waals surface area contributed by atoms with Crippen molar-refractivity contribution < 1.29 is 57.9 Å². The van der Waals surface area contributed by atoms with E-state index in [1.54, 1.807) is 28.4 Å². The summed E-state index contributed by atoms with van der Waals surface area (Å²) < 4.78 is 66.9. The predicted molar refractivity (Wildman–Crippen MR) is 300 cm³/mol. The third-order valence-corrected chi connectivity index (χ3v) is 26.2. The Hall–Kier alpha value is -0.326. The number of rotatable bonds is 43. The fourth-order valence-corrected chi connectivity index (χ4v) is 18.2. The van der Waals surface area contributed by atoms with E-state index in [-0.39, 0.29) is 0 Å². The largest absolute Gasteiger partial charge is 0.500 e. The second-order valence-electron chi connectivity index (χ2n) is 16.0. The summed E-state index contributed by atoms with van der Waals surface area (Å²) in [5.41, 5.74) is 26.7. The summed E-state index contributed by atoms with van der Waals surface area (Å²) in [6.07, 6.45) is 8.12. The number of carbonyl (C=O) groups excluding carboxylic acids is 1. The van der Waals surface area contributed by atoms with Crippen LogP contribution in [0.3, 0.4) is 0 Å². The Bertz CT molecular complexity index is 1050. The number of hydrogen-bond donors (Lipinski definition) is 7. The van der Waals surface area contributed by atoms with Crippen LogP contribution in [0.15, 0.2) is 0 Å². The number of urea groups is 1. The Morgan fingerprint density at radius 3 is 1.20 bits per heavy atom. The Morgan fingerprint density at radius 2 is 0.829 bits per heavy atom. The molecule has 12 N–H and O–H groups in total. The van der Waals surface area contributed by atoms with Gasteiger partial charge in [0.1, 0.15) is 0 Å². The Kier molecular flexibility index (Phi) is 61.6. The lowest BCUT2D eigenvalue weighted by atomic mass is 10.3. The van der Waals surface area contributed by atoms with Gasteiger partial charge < -0.3 is 92.4 Å². The number of hydrogen-bond acceptors (Lipinski definition) is 18. The molecular weight excluding hydrogens is 987 g/mol. The van der Waals surface area contributed by atoms with E-state index in [0.717, 1.165) is 121 Å². The van der Waals surface area contributed by atoms with E-state index in [2.05, 4.69) is 37.6 Å². The van der Waals surface area contributed by atoms with Crippen molar-refractivity contribution in [3.05, 3.63) is 0 Å². The zero-order valence-corrected chi connectivity index (χ0v) is 52.7. The first-order valence-corrected chi connectivity index (χ1v) is 37.5. The molecule has 0 aromatic rings. The average Bonchev–Trinajstić information content (AvgIpc) is 3.35. The van der Waals surface area contributed by atoms with E-state index in [4.69, 9.17) is 81.8 Å². The third-order valence-electron chi connectivity index (χ3n) is 10.4. The minimum Gasteiger partial charge on any atom is -0.398 e. The molecule has 0 fully saturated rings. The second kappa shape index (κ2) is 54.9. The zero-order valence-electron chi connectivity index (χ0n) is 47.7. The third kappa shape index (κ3) is 46.2. The summed E-state index contributed by atoms with van der Waals surface area (Å²) in [6, 6.07) is 5.06. The second-order valence-corrected chi connectivity index (χ2v) is 32.3. The van der Waals surface area contributed by atoms with Gasteiger partial charge in [-0.2, -0.15) is 0 Å². The Labute approximate surface area is 435 Å². The van der Waals surface area contributed by atoms with Gasteiger partial charge in [-0.1, -0.05) is 20.3 Å². The highest BCUT2D eigenvalue weighted by atomic mass is 28.4. The van der Waals surface area contributed by atoms with Gasteiger partial charge in [0, 0.05) is 99.9 Å². The molecule has 25 heteroatoms. The molecule has 2 amide bonds. The predicted octanol–water partition coefficient (Wildman–Crippen LogP) is 6.51. The van der Waals surface area contributed by atoms with Crippen molar-refractivity contribution in [2.45, 2.75) is 163 Å². The first kappa shape index (κ1) is 78.6. The smallest absolute Gasteiger partial charge is 0.398 e. The lowest BCUT2D eigenvalue weighted by molar-refractivity contribution is 0.0708. The minimum atomic E-state index is -2.56. The van der Waals surface area contributed by atoms with E-state index in [0.29, 0.717) is 52.1 Å². The maximum absolute atomic E-state index is 10.5. The number of unbranched alkanes of at least 4 members (excludes halogenated alkanes) is 1. The first-order chi connectivity index (χ1) is 33.4. The quantitative estimate of drug-likeness (QED) is 0.0253. The van der Waals surface area contributed by atoms with Crippen LogP contribution in [0, 0.1) is 0 Å². The van der Waals surface area contributed by atoms with Crippen molar-refractivity contribution in [2.24, 2.45) is 28.7 Å². The van der Waals surface area contributed by atoms with Gasteiger partial charge in [-0.25, -0.2) is 4.79 Å². The molecule has 0 rings (SSSR count). The maximum atomic E-state index is 10.5. The van der Waals surface area contributed by atoms with Gasteiger partial charge in [-0.3, -0.25) is 0 Å². The fourth-order valence-electron chi connectivity index (χ4n) is 6.64. The van der Waals surface area contributed by atoms with E-state index < -0.39 is 49.3 Å². The van der Waals surface area contributed by atoms with Crippen molar-refractivity contribution in [1.82, 2.24) is 10.6 Å². The molecule has 0 saturated heterocycles. The molecular formula is C45H115N7O13Si5. The topological polar surface area (TPSA) is 282 Å². The Balaban J connectivity index is -0.000000253. The van der Waals surface area contributed by atoms with Gasteiger partial charge in [0.05, 0.1) is 0 Å². The monoisotopic (exact) mass is 1100 g/mol. The SMILES string of the molecule is CCCCNCCC[Si](OC)(OC)OC.CCO[Si](C)(CCCN)OCC.CCO[Si](CC)(CCCN)OCC.CCO[Si](CCCNC(N)=O)(OCC)OCC.CO[Si](C)(CCCN)OCCCN. The molecule has 0 spiro atoms. The molecule has 20 nitrogen and oxygen atoms in total.